The second kappa shape index (κ2) is 4.43. The zero-order valence-corrected chi connectivity index (χ0v) is 9.54. The highest BCUT2D eigenvalue weighted by atomic mass is 35.5. The number of nitro groups is 1. The molecule has 0 aromatic heterocycles. The summed E-state index contributed by atoms with van der Waals surface area (Å²) in [5.41, 5.74) is -0.0799. The normalized spacial score (nSPS) is 10.3. The van der Waals surface area contributed by atoms with Gasteiger partial charge in [-0.2, -0.15) is 0 Å². The quantitative estimate of drug-likeness (QED) is 0.456. The van der Waals surface area contributed by atoms with Crippen LogP contribution in [0.1, 0.15) is 0 Å². The molecule has 4 nitrogen and oxygen atoms in total. The smallest absolute Gasteiger partial charge is 0.311 e. The molecule has 0 N–H and O–H groups in total. The van der Waals surface area contributed by atoms with Gasteiger partial charge in [0, 0.05) is 6.07 Å². The van der Waals surface area contributed by atoms with Crippen molar-refractivity contribution in [1.29, 1.82) is 0 Å². The van der Waals surface area contributed by atoms with Crippen molar-refractivity contribution < 1.29 is 9.35 Å². The van der Waals surface area contributed by atoms with E-state index in [2.05, 4.69) is 0 Å². The monoisotopic (exact) mass is 230 g/mol. The van der Waals surface area contributed by atoms with Gasteiger partial charge in [-0.25, -0.2) is 0 Å². The lowest BCUT2D eigenvalue weighted by Gasteiger charge is -2.09. The summed E-state index contributed by atoms with van der Waals surface area (Å²) in [6, 6.07) is 4.49. The van der Waals surface area contributed by atoms with E-state index in [1.54, 1.807) is 6.07 Å². The predicted octanol–water partition coefficient (Wildman–Crippen LogP) is 2.88. The van der Waals surface area contributed by atoms with Crippen LogP contribution in [-0.2, 0) is 0 Å². The summed E-state index contributed by atoms with van der Waals surface area (Å²) in [7, 11) is -1.05. The van der Waals surface area contributed by atoms with Gasteiger partial charge in [0.25, 0.3) is 9.04 Å². The van der Waals surface area contributed by atoms with Crippen molar-refractivity contribution in [2.45, 2.75) is 13.1 Å². The highest BCUT2D eigenvalue weighted by molar-refractivity contribution is 6.49. The first-order valence-electron chi connectivity index (χ1n) is 3.93. The Hall–Kier alpha value is -1.07. The molecule has 1 rings (SSSR count). The van der Waals surface area contributed by atoms with Crippen molar-refractivity contribution in [3.8, 4) is 5.75 Å². The van der Waals surface area contributed by atoms with E-state index in [4.69, 9.17) is 16.0 Å². The fourth-order valence-electron chi connectivity index (χ4n) is 0.946. The molecule has 6 heteroatoms. The van der Waals surface area contributed by atoms with Gasteiger partial charge in [-0.15, -0.1) is 0 Å². The molecule has 0 aliphatic heterocycles. The van der Waals surface area contributed by atoms with E-state index in [0.717, 1.165) is 0 Å². The molecule has 0 fully saturated rings. The van der Waals surface area contributed by atoms with Crippen LogP contribution in [0.25, 0.3) is 0 Å². The average Bonchev–Trinajstić information content (AvgIpc) is 2.07. The third-order valence-electron chi connectivity index (χ3n) is 1.45. The lowest BCUT2D eigenvalue weighted by Crippen LogP contribution is -2.12. The molecule has 0 heterocycles. The third kappa shape index (κ3) is 2.46. The molecule has 0 saturated heterocycles. The number of hydrogen-bond acceptors (Lipinski definition) is 3. The summed E-state index contributed by atoms with van der Waals surface area (Å²) in [5.74, 6) is 0.179. The summed E-state index contributed by atoms with van der Waals surface area (Å²) in [4.78, 5) is 10.1. The maximum absolute atomic E-state index is 10.6. The standard InChI is InChI=1S/C8H9ClNO3Si/c1-14(2)13-8-6(9)4-3-5-7(8)10(11)12/h3-5H,1-2H3. The van der Waals surface area contributed by atoms with Crippen molar-refractivity contribution >= 4 is 26.3 Å². The first-order valence-corrected chi connectivity index (χ1v) is 6.72. The fourth-order valence-corrected chi connectivity index (χ4v) is 1.84. The number of benzene rings is 1. The molecule has 75 valence electrons. The van der Waals surface area contributed by atoms with Gasteiger partial charge in [0.05, 0.1) is 9.95 Å². The maximum Gasteiger partial charge on any atom is 0.311 e. The van der Waals surface area contributed by atoms with Gasteiger partial charge in [0.15, 0.2) is 0 Å². The van der Waals surface area contributed by atoms with Gasteiger partial charge in [-0.05, 0) is 19.2 Å². The minimum Gasteiger partial charge on any atom is -0.537 e. The van der Waals surface area contributed by atoms with Gasteiger partial charge >= 0.3 is 5.69 Å². The molecular formula is C8H9ClNO3Si. The lowest BCUT2D eigenvalue weighted by atomic mass is 10.3. The zero-order chi connectivity index (χ0) is 10.7. The summed E-state index contributed by atoms with van der Waals surface area (Å²) < 4.78 is 5.37. The molecular weight excluding hydrogens is 222 g/mol. The van der Waals surface area contributed by atoms with Crippen LogP contribution in [0.5, 0.6) is 5.75 Å². The second-order valence-electron chi connectivity index (χ2n) is 2.86. The van der Waals surface area contributed by atoms with Gasteiger partial charge < -0.3 is 4.43 Å². The number of hydrogen-bond donors (Lipinski definition) is 0. The Labute approximate surface area is 88.3 Å². The predicted molar refractivity (Wildman–Crippen MR) is 56.2 cm³/mol. The number of para-hydroxylation sites is 1. The molecule has 1 aromatic rings. The van der Waals surface area contributed by atoms with Crippen LogP contribution >= 0.6 is 11.6 Å². The van der Waals surface area contributed by atoms with E-state index in [1.807, 2.05) is 13.1 Å². The minimum atomic E-state index is -1.05. The Morgan fingerprint density at radius 1 is 1.50 bits per heavy atom. The number of halogens is 1. The molecule has 0 atom stereocenters. The number of nitrogens with zero attached hydrogens (tertiary/aromatic N) is 1. The molecule has 0 amide bonds. The maximum atomic E-state index is 10.6. The van der Waals surface area contributed by atoms with Crippen LogP contribution < -0.4 is 4.43 Å². The van der Waals surface area contributed by atoms with Crippen molar-refractivity contribution in [2.24, 2.45) is 0 Å². The Morgan fingerprint density at radius 3 is 2.64 bits per heavy atom. The van der Waals surface area contributed by atoms with Crippen LogP contribution in [0.2, 0.25) is 18.1 Å². The Kier molecular flexibility index (Phi) is 3.48. The highest BCUT2D eigenvalue weighted by Gasteiger charge is 2.19. The van der Waals surface area contributed by atoms with E-state index in [-0.39, 0.29) is 16.5 Å². The van der Waals surface area contributed by atoms with Crippen molar-refractivity contribution in [2.75, 3.05) is 0 Å². The van der Waals surface area contributed by atoms with Crippen molar-refractivity contribution in [1.82, 2.24) is 0 Å². The minimum absolute atomic E-state index is 0.0799. The van der Waals surface area contributed by atoms with Crippen LogP contribution in [-0.4, -0.2) is 14.0 Å². The fraction of sp³-hybridized carbons (Fsp3) is 0.250. The van der Waals surface area contributed by atoms with E-state index < -0.39 is 14.0 Å². The molecule has 0 unspecified atom stereocenters. The molecule has 14 heavy (non-hydrogen) atoms. The van der Waals surface area contributed by atoms with Gasteiger partial charge in [0.1, 0.15) is 0 Å². The van der Waals surface area contributed by atoms with Crippen LogP contribution in [0.3, 0.4) is 0 Å². The number of nitro benzene ring substituents is 1. The lowest BCUT2D eigenvalue weighted by molar-refractivity contribution is -0.385. The zero-order valence-electron chi connectivity index (χ0n) is 7.78. The van der Waals surface area contributed by atoms with E-state index in [1.165, 1.54) is 12.1 Å². The number of rotatable bonds is 3. The molecule has 1 aromatic carbocycles. The SMILES string of the molecule is C[Si](C)Oc1c(Cl)cccc1[N+](=O)[O-]. The average molecular weight is 231 g/mol. The first kappa shape index (κ1) is 11.0. The van der Waals surface area contributed by atoms with Crippen LogP contribution in [0.15, 0.2) is 18.2 Å². The Morgan fingerprint density at radius 2 is 2.14 bits per heavy atom. The summed E-state index contributed by atoms with van der Waals surface area (Å²) in [6.45, 7) is 3.77. The van der Waals surface area contributed by atoms with E-state index in [0.29, 0.717) is 0 Å². The summed E-state index contributed by atoms with van der Waals surface area (Å²) in [5, 5.41) is 10.9. The first-order chi connectivity index (χ1) is 6.52. The molecule has 0 aliphatic carbocycles. The Balaban J connectivity index is 3.15. The molecule has 1 radical (unpaired) electrons. The van der Waals surface area contributed by atoms with Gasteiger partial charge in [-0.1, -0.05) is 17.7 Å². The van der Waals surface area contributed by atoms with Crippen molar-refractivity contribution in [3.05, 3.63) is 33.3 Å². The molecule has 0 saturated carbocycles. The van der Waals surface area contributed by atoms with Crippen LogP contribution in [0, 0.1) is 10.1 Å². The largest absolute Gasteiger partial charge is 0.537 e. The Bertz CT molecular complexity index is 356. The third-order valence-corrected chi connectivity index (χ3v) is 2.36. The summed E-state index contributed by atoms with van der Waals surface area (Å²) >= 11 is 5.80. The highest BCUT2D eigenvalue weighted by Crippen LogP contribution is 2.34. The van der Waals surface area contributed by atoms with Gasteiger partial charge in [0.2, 0.25) is 5.75 Å². The molecule has 0 bridgehead atoms. The molecule has 0 aliphatic rings. The van der Waals surface area contributed by atoms with E-state index in [9.17, 15) is 10.1 Å². The van der Waals surface area contributed by atoms with Crippen LogP contribution in [0.4, 0.5) is 5.69 Å². The van der Waals surface area contributed by atoms with Gasteiger partial charge in [-0.3, -0.25) is 10.1 Å². The topological polar surface area (TPSA) is 52.4 Å². The summed E-state index contributed by atoms with van der Waals surface area (Å²) in [6.07, 6.45) is 0. The van der Waals surface area contributed by atoms with E-state index >= 15 is 0 Å². The van der Waals surface area contributed by atoms with Crippen molar-refractivity contribution in [3.63, 3.8) is 0 Å². The second-order valence-corrected chi connectivity index (χ2v) is 5.28. The molecule has 0 spiro atoms.